The molecule has 0 aliphatic carbocycles. The summed E-state index contributed by atoms with van der Waals surface area (Å²) >= 11 is 0. The second-order valence-electron chi connectivity index (χ2n) is 7.73. The van der Waals surface area contributed by atoms with Gasteiger partial charge in [0.2, 0.25) is 10.0 Å². The van der Waals surface area contributed by atoms with Crippen LogP contribution in [0.2, 0.25) is 0 Å². The maximum Gasteiger partial charge on any atom is 0.309 e. The number of benzene rings is 2. The van der Waals surface area contributed by atoms with Crippen LogP contribution in [-0.4, -0.2) is 51.4 Å². The van der Waals surface area contributed by atoms with E-state index in [1.807, 2.05) is 31.2 Å². The summed E-state index contributed by atoms with van der Waals surface area (Å²) in [6, 6.07) is 14.0. The molecule has 32 heavy (non-hydrogen) atoms. The van der Waals surface area contributed by atoms with Gasteiger partial charge in [-0.05, 0) is 49.6 Å². The number of methoxy groups -OCH3 is 1. The highest BCUT2D eigenvalue weighted by molar-refractivity contribution is 7.89. The Hall–Kier alpha value is -2.91. The van der Waals surface area contributed by atoms with Crippen LogP contribution in [0.1, 0.15) is 24.0 Å². The third-order valence-corrected chi connectivity index (χ3v) is 7.33. The van der Waals surface area contributed by atoms with E-state index in [1.165, 1.54) is 4.31 Å². The van der Waals surface area contributed by atoms with E-state index in [2.05, 4.69) is 5.32 Å². The molecule has 1 saturated heterocycles. The van der Waals surface area contributed by atoms with Gasteiger partial charge >= 0.3 is 5.97 Å². The first-order valence-electron chi connectivity index (χ1n) is 10.4. The lowest BCUT2D eigenvalue weighted by Crippen LogP contribution is -2.41. The molecule has 0 atom stereocenters. The van der Waals surface area contributed by atoms with Crippen molar-refractivity contribution in [2.24, 2.45) is 5.92 Å². The third kappa shape index (κ3) is 6.08. The SMILES string of the molecule is COc1cccc(CNC(=O)COC(=O)C2CCN(S(=O)(=O)c3ccc(C)cc3)CC2)c1. The zero-order valence-corrected chi connectivity index (χ0v) is 19.1. The monoisotopic (exact) mass is 460 g/mol. The number of amides is 1. The number of hydrogen-bond acceptors (Lipinski definition) is 6. The molecule has 1 aliphatic heterocycles. The standard InChI is InChI=1S/C23H28N2O6S/c1-17-6-8-21(9-7-17)32(28,29)25-12-10-19(11-13-25)23(27)31-16-22(26)24-15-18-4-3-5-20(14-18)30-2/h3-9,14,19H,10-13,15-16H2,1-2H3,(H,24,26). The Morgan fingerprint density at radius 1 is 1.09 bits per heavy atom. The maximum atomic E-state index is 12.8. The van der Waals surface area contributed by atoms with Crippen molar-refractivity contribution in [1.82, 2.24) is 9.62 Å². The van der Waals surface area contributed by atoms with Crippen molar-refractivity contribution in [3.63, 3.8) is 0 Å². The van der Waals surface area contributed by atoms with Gasteiger partial charge in [0.25, 0.3) is 5.91 Å². The smallest absolute Gasteiger partial charge is 0.309 e. The van der Waals surface area contributed by atoms with Crippen molar-refractivity contribution in [2.75, 3.05) is 26.8 Å². The van der Waals surface area contributed by atoms with E-state index in [1.54, 1.807) is 31.4 Å². The van der Waals surface area contributed by atoms with Crippen LogP contribution in [0, 0.1) is 12.8 Å². The number of sulfonamides is 1. The predicted molar refractivity (Wildman–Crippen MR) is 118 cm³/mol. The third-order valence-electron chi connectivity index (χ3n) is 5.42. The molecule has 0 radical (unpaired) electrons. The molecule has 0 saturated carbocycles. The summed E-state index contributed by atoms with van der Waals surface area (Å²) in [5, 5.41) is 2.70. The first-order chi connectivity index (χ1) is 15.3. The summed E-state index contributed by atoms with van der Waals surface area (Å²) in [7, 11) is -2.02. The number of carbonyl (C=O) groups excluding carboxylic acids is 2. The van der Waals surface area contributed by atoms with Crippen molar-refractivity contribution in [2.45, 2.75) is 31.2 Å². The molecular formula is C23H28N2O6S. The van der Waals surface area contributed by atoms with Gasteiger partial charge in [-0.2, -0.15) is 4.31 Å². The van der Waals surface area contributed by atoms with E-state index in [4.69, 9.17) is 9.47 Å². The molecule has 2 aromatic rings. The summed E-state index contributed by atoms with van der Waals surface area (Å²) in [6.45, 7) is 2.29. The molecule has 0 bridgehead atoms. The van der Waals surface area contributed by atoms with E-state index in [-0.39, 0.29) is 24.6 Å². The number of nitrogens with one attached hydrogen (secondary N) is 1. The van der Waals surface area contributed by atoms with Crippen LogP contribution in [0.5, 0.6) is 5.75 Å². The largest absolute Gasteiger partial charge is 0.497 e. The average Bonchev–Trinajstić information content (AvgIpc) is 2.81. The van der Waals surface area contributed by atoms with Crippen LogP contribution < -0.4 is 10.1 Å². The van der Waals surface area contributed by atoms with Crippen molar-refractivity contribution < 1.29 is 27.5 Å². The van der Waals surface area contributed by atoms with Crippen LogP contribution >= 0.6 is 0 Å². The zero-order valence-electron chi connectivity index (χ0n) is 18.2. The highest BCUT2D eigenvalue weighted by atomic mass is 32.2. The predicted octanol–water partition coefficient (Wildman–Crippen LogP) is 2.26. The van der Waals surface area contributed by atoms with Crippen LogP contribution in [-0.2, 0) is 30.9 Å². The van der Waals surface area contributed by atoms with Crippen LogP contribution in [0.4, 0.5) is 0 Å². The lowest BCUT2D eigenvalue weighted by molar-refractivity contribution is -0.153. The van der Waals surface area contributed by atoms with Crippen molar-refractivity contribution in [3.05, 3.63) is 59.7 Å². The highest BCUT2D eigenvalue weighted by Gasteiger charge is 2.32. The first kappa shape index (κ1) is 23.7. The van der Waals surface area contributed by atoms with E-state index in [0.29, 0.717) is 25.1 Å². The molecule has 8 nitrogen and oxygen atoms in total. The van der Waals surface area contributed by atoms with Gasteiger partial charge in [0, 0.05) is 19.6 Å². The Morgan fingerprint density at radius 2 is 1.78 bits per heavy atom. The molecule has 1 fully saturated rings. The van der Waals surface area contributed by atoms with E-state index < -0.39 is 27.8 Å². The Labute approximate surface area is 188 Å². The summed E-state index contributed by atoms with van der Waals surface area (Å²) in [6.07, 6.45) is 0.713. The van der Waals surface area contributed by atoms with Gasteiger partial charge < -0.3 is 14.8 Å². The molecule has 2 aromatic carbocycles. The fraction of sp³-hybridized carbons (Fsp3) is 0.391. The number of hydrogen-bond donors (Lipinski definition) is 1. The molecule has 172 valence electrons. The summed E-state index contributed by atoms with van der Waals surface area (Å²) < 4.78 is 37.2. The van der Waals surface area contributed by atoms with Gasteiger partial charge in [0.15, 0.2) is 6.61 Å². The van der Waals surface area contributed by atoms with Crippen LogP contribution in [0.15, 0.2) is 53.4 Å². The van der Waals surface area contributed by atoms with Gasteiger partial charge in [-0.15, -0.1) is 0 Å². The minimum absolute atomic E-state index is 0.234. The molecule has 1 amide bonds. The molecule has 1 N–H and O–H groups in total. The molecule has 3 rings (SSSR count). The minimum Gasteiger partial charge on any atom is -0.497 e. The van der Waals surface area contributed by atoms with Gasteiger partial charge in [0.1, 0.15) is 5.75 Å². The van der Waals surface area contributed by atoms with Crippen LogP contribution in [0.25, 0.3) is 0 Å². The van der Waals surface area contributed by atoms with E-state index in [9.17, 15) is 18.0 Å². The number of esters is 1. The fourth-order valence-corrected chi connectivity index (χ4v) is 4.95. The van der Waals surface area contributed by atoms with Crippen molar-refractivity contribution in [1.29, 1.82) is 0 Å². The second kappa shape index (κ2) is 10.6. The second-order valence-corrected chi connectivity index (χ2v) is 9.67. The molecule has 1 aliphatic rings. The number of nitrogens with zero attached hydrogens (tertiary/aromatic N) is 1. The van der Waals surface area contributed by atoms with E-state index in [0.717, 1.165) is 11.1 Å². The van der Waals surface area contributed by atoms with Gasteiger partial charge in [-0.1, -0.05) is 29.8 Å². The highest BCUT2D eigenvalue weighted by Crippen LogP contribution is 2.24. The number of aryl methyl sites for hydroxylation is 1. The summed E-state index contributed by atoms with van der Waals surface area (Å²) in [4.78, 5) is 24.6. The average molecular weight is 461 g/mol. The minimum atomic E-state index is -3.58. The van der Waals surface area contributed by atoms with Gasteiger partial charge in [-0.25, -0.2) is 8.42 Å². The van der Waals surface area contributed by atoms with Crippen LogP contribution in [0.3, 0.4) is 0 Å². The topological polar surface area (TPSA) is 102 Å². The number of ether oxygens (including phenoxy) is 2. The van der Waals surface area contributed by atoms with Gasteiger partial charge in [-0.3, -0.25) is 9.59 Å². The number of carbonyl (C=O) groups is 2. The Kier molecular flexibility index (Phi) is 7.87. The molecule has 9 heteroatoms. The Balaban J connectivity index is 1.43. The first-order valence-corrected chi connectivity index (χ1v) is 11.9. The Bertz CT molecular complexity index is 1040. The molecular weight excluding hydrogens is 432 g/mol. The van der Waals surface area contributed by atoms with Gasteiger partial charge in [0.05, 0.1) is 17.9 Å². The quantitative estimate of drug-likeness (QED) is 0.607. The maximum absolute atomic E-state index is 12.8. The normalized spacial score (nSPS) is 15.2. The van der Waals surface area contributed by atoms with Crippen molar-refractivity contribution in [3.8, 4) is 5.75 Å². The number of piperidine rings is 1. The summed E-state index contributed by atoms with van der Waals surface area (Å²) in [5.41, 5.74) is 1.85. The lowest BCUT2D eigenvalue weighted by Gasteiger charge is -2.30. The number of rotatable bonds is 8. The van der Waals surface area contributed by atoms with Crippen molar-refractivity contribution >= 4 is 21.9 Å². The molecule has 0 unspecified atom stereocenters. The summed E-state index contributed by atoms with van der Waals surface area (Å²) in [5.74, 6) is -0.612. The molecule has 0 aromatic heterocycles. The molecule has 0 spiro atoms. The van der Waals surface area contributed by atoms with E-state index >= 15 is 0 Å². The lowest BCUT2D eigenvalue weighted by atomic mass is 9.98. The Morgan fingerprint density at radius 3 is 2.44 bits per heavy atom. The molecule has 1 heterocycles. The fourth-order valence-electron chi connectivity index (χ4n) is 3.48. The zero-order chi connectivity index (χ0) is 23.1.